The van der Waals surface area contributed by atoms with Crippen LogP contribution in [0.25, 0.3) is 0 Å². The Bertz CT molecular complexity index is 808. The SMILES string of the molecule is CS(=O)(=O)NCC1CCOC2(CCN(C(=O)c3cc(F)ccc3F)CC2)C1. The topological polar surface area (TPSA) is 75.7 Å². The molecule has 2 fully saturated rings. The van der Waals surface area contributed by atoms with Gasteiger partial charge in [-0.25, -0.2) is 21.9 Å². The van der Waals surface area contributed by atoms with E-state index in [-0.39, 0.29) is 17.1 Å². The molecule has 1 amide bonds. The zero-order valence-corrected chi connectivity index (χ0v) is 16.0. The Kier molecular flexibility index (Phi) is 5.83. The maximum Gasteiger partial charge on any atom is 0.256 e. The summed E-state index contributed by atoms with van der Waals surface area (Å²) >= 11 is 0. The number of carbonyl (C=O) groups is 1. The molecule has 1 aromatic carbocycles. The number of ether oxygens (including phenoxy) is 1. The van der Waals surface area contributed by atoms with Crippen molar-refractivity contribution in [1.29, 1.82) is 0 Å². The smallest absolute Gasteiger partial charge is 0.256 e. The minimum absolute atomic E-state index is 0.177. The Morgan fingerprint density at radius 1 is 1.33 bits per heavy atom. The van der Waals surface area contributed by atoms with Gasteiger partial charge in [0, 0.05) is 26.2 Å². The first-order chi connectivity index (χ1) is 12.7. The molecular formula is C18H24F2N2O4S. The van der Waals surface area contributed by atoms with Gasteiger partial charge in [-0.1, -0.05) is 0 Å². The van der Waals surface area contributed by atoms with E-state index in [1.54, 1.807) is 0 Å². The minimum Gasteiger partial charge on any atom is -0.375 e. The van der Waals surface area contributed by atoms with Crippen molar-refractivity contribution in [2.24, 2.45) is 5.92 Å². The van der Waals surface area contributed by atoms with Gasteiger partial charge in [0.2, 0.25) is 10.0 Å². The molecule has 2 aliphatic heterocycles. The summed E-state index contributed by atoms with van der Waals surface area (Å²) in [7, 11) is -3.23. The van der Waals surface area contributed by atoms with Crippen LogP contribution in [0.2, 0.25) is 0 Å². The van der Waals surface area contributed by atoms with Gasteiger partial charge in [0.05, 0.1) is 17.4 Å². The first kappa shape index (κ1) is 20.2. The Labute approximate surface area is 157 Å². The number of piperidine rings is 1. The number of amides is 1. The third-order valence-electron chi connectivity index (χ3n) is 5.35. The third kappa shape index (κ3) is 5.03. The molecule has 0 saturated carbocycles. The first-order valence-electron chi connectivity index (χ1n) is 9.00. The average Bonchev–Trinajstić information content (AvgIpc) is 2.62. The van der Waals surface area contributed by atoms with Gasteiger partial charge in [-0.05, 0) is 49.8 Å². The first-order valence-corrected chi connectivity index (χ1v) is 10.9. The van der Waals surface area contributed by atoms with E-state index >= 15 is 0 Å². The van der Waals surface area contributed by atoms with Crippen molar-refractivity contribution in [3.63, 3.8) is 0 Å². The van der Waals surface area contributed by atoms with Crippen molar-refractivity contribution in [3.05, 3.63) is 35.4 Å². The van der Waals surface area contributed by atoms with Crippen molar-refractivity contribution >= 4 is 15.9 Å². The van der Waals surface area contributed by atoms with Crippen molar-refractivity contribution in [2.45, 2.75) is 31.3 Å². The summed E-state index contributed by atoms with van der Waals surface area (Å²) in [4.78, 5) is 14.0. The van der Waals surface area contributed by atoms with Crippen LogP contribution in [0.4, 0.5) is 8.78 Å². The van der Waals surface area contributed by atoms with Gasteiger partial charge in [0.1, 0.15) is 11.6 Å². The molecule has 0 aliphatic carbocycles. The molecule has 2 saturated heterocycles. The lowest BCUT2D eigenvalue weighted by atomic mass is 9.79. The molecule has 1 N–H and O–H groups in total. The van der Waals surface area contributed by atoms with Gasteiger partial charge < -0.3 is 9.64 Å². The van der Waals surface area contributed by atoms with E-state index in [2.05, 4.69) is 4.72 Å². The number of hydrogen-bond acceptors (Lipinski definition) is 4. The zero-order valence-electron chi connectivity index (χ0n) is 15.2. The van der Waals surface area contributed by atoms with E-state index in [1.807, 2.05) is 0 Å². The highest BCUT2D eigenvalue weighted by Gasteiger charge is 2.41. The van der Waals surface area contributed by atoms with Crippen molar-refractivity contribution in [2.75, 3.05) is 32.5 Å². The number of benzene rings is 1. The van der Waals surface area contributed by atoms with Gasteiger partial charge in [0.15, 0.2) is 0 Å². The van der Waals surface area contributed by atoms with Gasteiger partial charge in [-0.2, -0.15) is 0 Å². The summed E-state index contributed by atoms with van der Waals surface area (Å²) < 4.78 is 58.4. The molecule has 2 aliphatic rings. The number of likely N-dealkylation sites (tertiary alicyclic amines) is 1. The molecule has 1 unspecified atom stereocenters. The Balaban J connectivity index is 1.60. The fourth-order valence-corrected chi connectivity index (χ4v) is 4.41. The molecule has 0 radical (unpaired) electrons. The van der Waals surface area contributed by atoms with E-state index in [0.29, 0.717) is 45.5 Å². The Hall–Kier alpha value is -1.58. The molecule has 1 aromatic rings. The second-order valence-corrected chi connectivity index (χ2v) is 9.26. The van der Waals surface area contributed by atoms with Crippen LogP contribution in [-0.2, 0) is 14.8 Å². The minimum atomic E-state index is -3.23. The zero-order chi connectivity index (χ0) is 19.7. The largest absolute Gasteiger partial charge is 0.375 e. The van der Waals surface area contributed by atoms with Crippen LogP contribution in [0.5, 0.6) is 0 Å². The van der Waals surface area contributed by atoms with Crippen LogP contribution in [0, 0.1) is 17.6 Å². The molecule has 150 valence electrons. The van der Waals surface area contributed by atoms with Crippen LogP contribution in [-0.4, -0.2) is 57.3 Å². The number of hydrogen-bond donors (Lipinski definition) is 1. The second kappa shape index (κ2) is 7.81. The van der Waals surface area contributed by atoms with Crippen molar-refractivity contribution < 1.29 is 26.7 Å². The van der Waals surface area contributed by atoms with Crippen LogP contribution in [0.15, 0.2) is 18.2 Å². The van der Waals surface area contributed by atoms with Gasteiger partial charge in [-0.15, -0.1) is 0 Å². The molecule has 3 rings (SSSR count). The molecule has 9 heteroatoms. The number of carbonyl (C=O) groups excluding carboxylic acids is 1. The molecular weight excluding hydrogens is 378 g/mol. The number of sulfonamides is 1. The third-order valence-corrected chi connectivity index (χ3v) is 6.04. The average molecular weight is 402 g/mol. The van der Waals surface area contributed by atoms with E-state index in [9.17, 15) is 22.0 Å². The lowest BCUT2D eigenvalue weighted by Crippen LogP contribution is -2.51. The monoisotopic (exact) mass is 402 g/mol. The molecule has 6 nitrogen and oxygen atoms in total. The van der Waals surface area contributed by atoms with Gasteiger partial charge >= 0.3 is 0 Å². The number of nitrogens with one attached hydrogen (secondary N) is 1. The Morgan fingerprint density at radius 3 is 2.70 bits per heavy atom. The molecule has 1 spiro atoms. The quantitative estimate of drug-likeness (QED) is 0.835. The summed E-state index contributed by atoms with van der Waals surface area (Å²) in [5.41, 5.74) is -0.648. The molecule has 2 heterocycles. The fraction of sp³-hybridized carbons (Fsp3) is 0.611. The number of halogens is 2. The van der Waals surface area contributed by atoms with Crippen molar-refractivity contribution in [3.8, 4) is 0 Å². The normalized spacial score (nSPS) is 22.8. The molecule has 0 aromatic heterocycles. The molecule has 1 atom stereocenters. The summed E-state index contributed by atoms with van der Waals surface area (Å²) in [6.07, 6.45) is 3.81. The van der Waals surface area contributed by atoms with E-state index in [0.717, 1.165) is 30.9 Å². The summed E-state index contributed by atoms with van der Waals surface area (Å²) in [5.74, 6) is -1.73. The van der Waals surface area contributed by atoms with E-state index < -0.39 is 27.6 Å². The summed E-state index contributed by atoms with van der Waals surface area (Å²) in [6.45, 7) is 1.70. The van der Waals surface area contributed by atoms with Crippen molar-refractivity contribution in [1.82, 2.24) is 9.62 Å². The Morgan fingerprint density at radius 2 is 2.04 bits per heavy atom. The maximum atomic E-state index is 13.9. The molecule has 27 heavy (non-hydrogen) atoms. The van der Waals surface area contributed by atoms with Crippen LogP contribution < -0.4 is 4.72 Å². The molecule has 0 bridgehead atoms. The number of nitrogens with zero attached hydrogens (tertiary/aromatic N) is 1. The highest BCUT2D eigenvalue weighted by Crippen LogP contribution is 2.37. The predicted molar refractivity (Wildman–Crippen MR) is 95.7 cm³/mol. The van der Waals surface area contributed by atoms with Crippen LogP contribution in [0.1, 0.15) is 36.0 Å². The van der Waals surface area contributed by atoms with Gasteiger partial charge in [-0.3, -0.25) is 4.79 Å². The highest BCUT2D eigenvalue weighted by atomic mass is 32.2. The summed E-state index contributed by atoms with van der Waals surface area (Å²) in [5, 5.41) is 0. The lowest BCUT2D eigenvalue weighted by molar-refractivity contribution is -0.122. The fourth-order valence-electron chi connectivity index (χ4n) is 3.87. The van der Waals surface area contributed by atoms with Crippen LogP contribution in [0.3, 0.4) is 0 Å². The second-order valence-electron chi connectivity index (χ2n) is 7.43. The highest BCUT2D eigenvalue weighted by molar-refractivity contribution is 7.88. The van der Waals surface area contributed by atoms with E-state index in [1.165, 1.54) is 4.90 Å². The predicted octanol–water partition coefficient (Wildman–Crippen LogP) is 1.92. The van der Waals surface area contributed by atoms with Crippen LogP contribution >= 0.6 is 0 Å². The maximum absolute atomic E-state index is 13.9. The van der Waals surface area contributed by atoms with Gasteiger partial charge in [0.25, 0.3) is 5.91 Å². The summed E-state index contributed by atoms with van der Waals surface area (Å²) in [6, 6.07) is 2.86. The standard InChI is InChI=1S/C18H24F2N2O4S/c1-27(24,25)21-12-13-4-9-26-18(11-13)5-7-22(8-6-18)17(23)15-10-14(19)2-3-16(15)20/h2-3,10,13,21H,4-9,11-12H2,1H3. The lowest BCUT2D eigenvalue weighted by Gasteiger charge is -2.46. The number of rotatable bonds is 4. The van der Waals surface area contributed by atoms with E-state index in [4.69, 9.17) is 4.74 Å².